The maximum absolute atomic E-state index is 11.5. The highest BCUT2D eigenvalue weighted by molar-refractivity contribution is 5.77. The Balaban J connectivity index is 1.90. The molecule has 0 aliphatic carbocycles. The summed E-state index contributed by atoms with van der Waals surface area (Å²) in [4.78, 5) is 22.3. The zero-order valence-electron chi connectivity index (χ0n) is 12.1. The first-order chi connectivity index (χ1) is 9.69. The van der Waals surface area contributed by atoms with Gasteiger partial charge < -0.3 is 15.0 Å². The van der Waals surface area contributed by atoms with E-state index in [-0.39, 0.29) is 18.6 Å². The number of aryl methyl sites for hydroxylation is 1. The molecule has 6 nitrogen and oxygen atoms in total. The molecule has 0 aromatic carbocycles. The average molecular weight is 278 g/mol. The number of aromatic nitrogens is 2. The van der Waals surface area contributed by atoms with E-state index in [2.05, 4.69) is 20.2 Å². The number of nitrogens with zero attached hydrogens (tertiary/aromatic N) is 3. The Hall–Kier alpha value is -1.69. The summed E-state index contributed by atoms with van der Waals surface area (Å²) in [6.45, 7) is 3.96. The molecule has 1 unspecified atom stereocenters. The minimum Gasteiger partial charge on any atom is -0.375 e. The van der Waals surface area contributed by atoms with Crippen LogP contribution in [0, 0.1) is 6.92 Å². The van der Waals surface area contributed by atoms with Gasteiger partial charge in [0, 0.05) is 38.0 Å². The van der Waals surface area contributed by atoms with E-state index in [9.17, 15) is 4.79 Å². The summed E-state index contributed by atoms with van der Waals surface area (Å²) in [6.07, 6.45) is 4.57. The van der Waals surface area contributed by atoms with Crippen LogP contribution in [0.25, 0.3) is 0 Å². The van der Waals surface area contributed by atoms with E-state index in [0.717, 1.165) is 43.9 Å². The molecule has 1 N–H and O–H groups in total. The van der Waals surface area contributed by atoms with Gasteiger partial charge in [-0.15, -0.1) is 0 Å². The maximum Gasteiger partial charge on any atom is 0.246 e. The van der Waals surface area contributed by atoms with Gasteiger partial charge in [0.2, 0.25) is 5.91 Å². The fourth-order valence-corrected chi connectivity index (χ4v) is 2.48. The summed E-state index contributed by atoms with van der Waals surface area (Å²) in [5.41, 5.74) is 0.976. The van der Waals surface area contributed by atoms with E-state index in [1.165, 1.54) is 7.11 Å². The van der Waals surface area contributed by atoms with Crippen LogP contribution in [0.4, 0.5) is 5.82 Å². The van der Waals surface area contributed by atoms with Crippen LogP contribution < -0.4 is 10.2 Å². The highest BCUT2D eigenvalue weighted by Gasteiger charge is 2.19. The fourth-order valence-electron chi connectivity index (χ4n) is 2.48. The van der Waals surface area contributed by atoms with Gasteiger partial charge in [-0.1, -0.05) is 0 Å². The smallest absolute Gasteiger partial charge is 0.246 e. The molecule has 1 aromatic heterocycles. The van der Waals surface area contributed by atoms with Crippen LogP contribution in [-0.4, -0.2) is 48.7 Å². The fraction of sp³-hybridized carbons (Fsp3) is 0.643. The lowest BCUT2D eigenvalue weighted by atomic mass is 10.1. The van der Waals surface area contributed by atoms with Crippen LogP contribution in [0.5, 0.6) is 0 Å². The molecule has 6 heteroatoms. The molecule has 0 radical (unpaired) electrons. The zero-order chi connectivity index (χ0) is 14.4. The molecule has 1 amide bonds. The molecular weight excluding hydrogens is 256 g/mol. The minimum absolute atomic E-state index is 0.0381. The lowest BCUT2D eigenvalue weighted by Gasteiger charge is -2.21. The Morgan fingerprint density at radius 3 is 3.05 bits per heavy atom. The zero-order valence-corrected chi connectivity index (χ0v) is 12.1. The molecule has 20 heavy (non-hydrogen) atoms. The van der Waals surface area contributed by atoms with E-state index in [1.807, 2.05) is 13.0 Å². The van der Waals surface area contributed by atoms with Crippen molar-refractivity contribution in [2.75, 3.05) is 31.7 Å². The number of carbonyl (C=O) groups excluding carboxylic acids is 1. The summed E-state index contributed by atoms with van der Waals surface area (Å²) in [7, 11) is 1.53. The van der Waals surface area contributed by atoms with Crippen LogP contribution in [0.2, 0.25) is 0 Å². The van der Waals surface area contributed by atoms with Gasteiger partial charge in [-0.25, -0.2) is 9.97 Å². The van der Waals surface area contributed by atoms with Crippen LogP contribution in [0.15, 0.2) is 12.4 Å². The van der Waals surface area contributed by atoms with Gasteiger partial charge in [0.05, 0.1) is 0 Å². The number of methoxy groups -OCH3 is 1. The standard InChI is InChI=1S/C14H22N4O2/c1-11-8-13(16-10-15-11)18-6-3-4-12(5-7-18)17-14(19)9-20-2/h8,10,12H,3-7,9H2,1-2H3,(H,17,19). The number of anilines is 1. The van der Waals surface area contributed by atoms with E-state index < -0.39 is 0 Å². The molecule has 1 fully saturated rings. The average Bonchev–Trinajstić information content (AvgIpc) is 2.64. The third kappa shape index (κ3) is 4.16. The molecule has 2 rings (SSSR count). The Labute approximate surface area is 119 Å². The van der Waals surface area contributed by atoms with Gasteiger partial charge in [0.15, 0.2) is 0 Å². The summed E-state index contributed by atoms with van der Waals surface area (Å²) in [5, 5.41) is 3.02. The third-order valence-electron chi connectivity index (χ3n) is 3.48. The van der Waals surface area contributed by atoms with Gasteiger partial charge >= 0.3 is 0 Å². The Kier molecular flexibility index (Phi) is 5.29. The van der Waals surface area contributed by atoms with Crippen molar-refractivity contribution in [1.82, 2.24) is 15.3 Å². The van der Waals surface area contributed by atoms with Crippen molar-refractivity contribution in [3.8, 4) is 0 Å². The van der Waals surface area contributed by atoms with Crippen LogP contribution in [-0.2, 0) is 9.53 Å². The highest BCUT2D eigenvalue weighted by atomic mass is 16.5. The normalized spacial score (nSPS) is 19.5. The topological polar surface area (TPSA) is 67.3 Å². The molecule has 1 aliphatic heterocycles. The molecule has 110 valence electrons. The number of nitrogens with one attached hydrogen (secondary N) is 1. The van der Waals surface area contributed by atoms with Gasteiger partial charge in [-0.05, 0) is 26.2 Å². The third-order valence-corrected chi connectivity index (χ3v) is 3.48. The van der Waals surface area contributed by atoms with Gasteiger partial charge in [-0.3, -0.25) is 4.79 Å². The first-order valence-corrected chi connectivity index (χ1v) is 7.01. The van der Waals surface area contributed by atoms with Crippen molar-refractivity contribution in [2.24, 2.45) is 0 Å². The molecule has 0 bridgehead atoms. The van der Waals surface area contributed by atoms with Crippen molar-refractivity contribution in [1.29, 1.82) is 0 Å². The lowest BCUT2D eigenvalue weighted by Crippen LogP contribution is -2.37. The van der Waals surface area contributed by atoms with Crippen molar-refractivity contribution in [2.45, 2.75) is 32.2 Å². The Bertz CT molecular complexity index is 453. The van der Waals surface area contributed by atoms with Gasteiger partial charge in [-0.2, -0.15) is 0 Å². The number of ether oxygens (including phenoxy) is 1. The maximum atomic E-state index is 11.5. The Morgan fingerprint density at radius 1 is 1.45 bits per heavy atom. The first-order valence-electron chi connectivity index (χ1n) is 7.01. The van der Waals surface area contributed by atoms with E-state index in [0.29, 0.717) is 0 Å². The molecule has 1 aromatic rings. The molecule has 1 aliphatic rings. The molecule has 1 saturated heterocycles. The van der Waals surface area contributed by atoms with Crippen LogP contribution in [0.1, 0.15) is 25.0 Å². The monoisotopic (exact) mass is 278 g/mol. The second-order valence-electron chi connectivity index (χ2n) is 5.13. The number of hydrogen-bond donors (Lipinski definition) is 1. The van der Waals surface area contributed by atoms with E-state index in [4.69, 9.17) is 4.74 Å². The summed E-state index contributed by atoms with van der Waals surface area (Å²) in [6, 6.07) is 2.23. The summed E-state index contributed by atoms with van der Waals surface area (Å²) in [5.74, 6) is 0.935. The first kappa shape index (κ1) is 14.7. The van der Waals surface area contributed by atoms with Crippen molar-refractivity contribution < 1.29 is 9.53 Å². The van der Waals surface area contributed by atoms with Crippen LogP contribution in [0.3, 0.4) is 0 Å². The lowest BCUT2D eigenvalue weighted by molar-refractivity contribution is -0.125. The number of hydrogen-bond acceptors (Lipinski definition) is 5. The quantitative estimate of drug-likeness (QED) is 0.886. The van der Waals surface area contributed by atoms with Crippen molar-refractivity contribution in [3.05, 3.63) is 18.1 Å². The van der Waals surface area contributed by atoms with Crippen molar-refractivity contribution >= 4 is 11.7 Å². The van der Waals surface area contributed by atoms with E-state index in [1.54, 1.807) is 6.33 Å². The van der Waals surface area contributed by atoms with Gasteiger partial charge in [0.25, 0.3) is 0 Å². The Morgan fingerprint density at radius 2 is 2.30 bits per heavy atom. The SMILES string of the molecule is COCC(=O)NC1CCCN(c2cc(C)ncn2)CC1. The number of carbonyl (C=O) groups is 1. The largest absolute Gasteiger partial charge is 0.375 e. The van der Waals surface area contributed by atoms with Gasteiger partial charge in [0.1, 0.15) is 18.8 Å². The summed E-state index contributed by atoms with van der Waals surface area (Å²) < 4.78 is 4.84. The number of rotatable bonds is 4. The molecule has 2 heterocycles. The summed E-state index contributed by atoms with van der Waals surface area (Å²) >= 11 is 0. The van der Waals surface area contributed by atoms with E-state index >= 15 is 0 Å². The van der Waals surface area contributed by atoms with Crippen LogP contribution >= 0.6 is 0 Å². The second kappa shape index (κ2) is 7.19. The molecule has 0 saturated carbocycles. The molecular formula is C14H22N4O2. The van der Waals surface area contributed by atoms with Crippen molar-refractivity contribution in [3.63, 3.8) is 0 Å². The molecule has 1 atom stereocenters. The second-order valence-corrected chi connectivity index (χ2v) is 5.13. The highest BCUT2D eigenvalue weighted by Crippen LogP contribution is 2.17. The minimum atomic E-state index is -0.0381. The number of amides is 1. The predicted octanol–water partition coefficient (Wildman–Crippen LogP) is 0.907. The predicted molar refractivity (Wildman–Crippen MR) is 76.6 cm³/mol. The molecule has 0 spiro atoms.